The third-order valence-corrected chi connectivity index (χ3v) is 4.34. The van der Waals surface area contributed by atoms with E-state index in [2.05, 4.69) is 5.32 Å². The van der Waals surface area contributed by atoms with Crippen LogP contribution in [0.5, 0.6) is 5.75 Å². The monoisotopic (exact) mass is 340 g/mol. The summed E-state index contributed by atoms with van der Waals surface area (Å²) in [4.78, 5) is 26.4. The van der Waals surface area contributed by atoms with Crippen LogP contribution >= 0.6 is 12.2 Å². The van der Waals surface area contributed by atoms with E-state index in [1.165, 1.54) is 6.92 Å². The fourth-order valence-electron chi connectivity index (χ4n) is 2.77. The number of nitrogens with zero attached hydrogens (tertiary/aromatic N) is 1. The van der Waals surface area contributed by atoms with Crippen molar-refractivity contribution < 1.29 is 14.3 Å². The molecule has 0 aliphatic carbocycles. The summed E-state index contributed by atoms with van der Waals surface area (Å²) in [5.74, 6) is -1.02. The molecule has 2 aromatic rings. The van der Waals surface area contributed by atoms with Crippen LogP contribution in [0.3, 0.4) is 0 Å². The highest BCUT2D eigenvalue weighted by Crippen LogP contribution is 2.43. The Morgan fingerprint density at radius 1 is 1.12 bits per heavy atom. The molecule has 0 fully saturated rings. The molecule has 1 atom stereocenters. The zero-order valence-electron chi connectivity index (χ0n) is 13.3. The quantitative estimate of drug-likeness (QED) is 0.528. The van der Waals surface area contributed by atoms with Gasteiger partial charge in [0.25, 0.3) is 0 Å². The molecule has 0 bridgehead atoms. The van der Waals surface area contributed by atoms with E-state index in [1.54, 1.807) is 36.2 Å². The molecule has 122 valence electrons. The molecule has 3 rings (SSSR count). The molecule has 0 aromatic heterocycles. The number of thiocarbonyl (C=S) groups is 1. The predicted octanol–water partition coefficient (Wildman–Crippen LogP) is 3.11. The summed E-state index contributed by atoms with van der Waals surface area (Å²) in [6, 6.07) is 14.5. The Morgan fingerprint density at radius 2 is 1.83 bits per heavy atom. The van der Waals surface area contributed by atoms with Crippen molar-refractivity contribution >= 4 is 40.5 Å². The second-order valence-electron chi connectivity index (χ2n) is 5.47. The van der Waals surface area contributed by atoms with Gasteiger partial charge in [-0.25, -0.2) is 0 Å². The van der Waals surface area contributed by atoms with Gasteiger partial charge in [0.05, 0.1) is 4.99 Å². The molecular weight excluding hydrogens is 324 g/mol. The number of nitrogens with one attached hydrogen (secondary N) is 1. The number of amides is 1. The Labute approximate surface area is 145 Å². The van der Waals surface area contributed by atoms with E-state index in [4.69, 9.17) is 17.0 Å². The maximum atomic E-state index is 12.8. The first-order valence-electron chi connectivity index (χ1n) is 7.44. The highest BCUT2D eigenvalue weighted by atomic mass is 32.1. The Morgan fingerprint density at radius 3 is 2.50 bits per heavy atom. The topological polar surface area (TPSA) is 58.6 Å². The molecule has 6 heteroatoms. The molecule has 1 heterocycles. The number of carbonyl (C=O) groups is 2. The molecule has 0 radical (unpaired) electrons. The Kier molecular flexibility index (Phi) is 4.31. The largest absolute Gasteiger partial charge is 0.426 e. The van der Waals surface area contributed by atoms with E-state index in [-0.39, 0.29) is 5.91 Å². The maximum absolute atomic E-state index is 12.8. The van der Waals surface area contributed by atoms with Crippen molar-refractivity contribution in [2.24, 2.45) is 0 Å². The number of likely N-dealkylation sites (N-methyl/N-ethyl adjacent to an activating group) is 1. The first kappa shape index (κ1) is 16.1. The SMILES string of the molecule is CC(=O)Oc1cccc2c1C(C(=O)Nc1ccccc1)C(=S)N2C. The van der Waals surface area contributed by atoms with Gasteiger partial charge in [0.15, 0.2) is 0 Å². The van der Waals surface area contributed by atoms with Crippen LogP contribution < -0.4 is 15.0 Å². The number of anilines is 2. The van der Waals surface area contributed by atoms with Crippen molar-refractivity contribution in [1.29, 1.82) is 0 Å². The molecule has 24 heavy (non-hydrogen) atoms. The van der Waals surface area contributed by atoms with Gasteiger partial charge >= 0.3 is 5.97 Å². The van der Waals surface area contributed by atoms with Gasteiger partial charge in [0.2, 0.25) is 5.91 Å². The van der Waals surface area contributed by atoms with Crippen LogP contribution in [0.15, 0.2) is 48.5 Å². The lowest BCUT2D eigenvalue weighted by molar-refractivity contribution is -0.132. The number of para-hydroxylation sites is 1. The second-order valence-corrected chi connectivity index (χ2v) is 5.89. The number of rotatable bonds is 3. The third-order valence-electron chi connectivity index (χ3n) is 3.83. The van der Waals surface area contributed by atoms with Crippen molar-refractivity contribution in [1.82, 2.24) is 0 Å². The Bertz CT molecular complexity index is 820. The molecule has 0 saturated heterocycles. The minimum atomic E-state index is -0.684. The van der Waals surface area contributed by atoms with E-state index in [0.29, 0.717) is 22.0 Å². The van der Waals surface area contributed by atoms with E-state index in [1.807, 2.05) is 24.3 Å². The maximum Gasteiger partial charge on any atom is 0.308 e. The molecule has 0 saturated carbocycles. The highest BCUT2D eigenvalue weighted by molar-refractivity contribution is 7.80. The minimum absolute atomic E-state index is 0.253. The molecule has 0 spiro atoms. The van der Waals surface area contributed by atoms with Gasteiger partial charge in [-0.2, -0.15) is 0 Å². The highest BCUT2D eigenvalue weighted by Gasteiger charge is 2.39. The lowest BCUT2D eigenvalue weighted by Crippen LogP contribution is -2.30. The third kappa shape index (κ3) is 2.88. The van der Waals surface area contributed by atoms with Crippen LogP contribution in [0.4, 0.5) is 11.4 Å². The average Bonchev–Trinajstić information content (AvgIpc) is 2.81. The summed E-state index contributed by atoms with van der Waals surface area (Å²) in [6.45, 7) is 1.33. The average molecular weight is 340 g/mol. The van der Waals surface area contributed by atoms with Crippen molar-refractivity contribution in [3.63, 3.8) is 0 Å². The molecule has 1 aliphatic heterocycles. The van der Waals surface area contributed by atoms with Crippen LogP contribution in [-0.4, -0.2) is 23.9 Å². The van der Waals surface area contributed by atoms with Crippen LogP contribution in [0.1, 0.15) is 18.4 Å². The summed E-state index contributed by atoms with van der Waals surface area (Å²) in [5.41, 5.74) is 2.08. The normalized spacial score (nSPS) is 15.8. The molecule has 1 aliphatic rings. The lowest BCUT2D eigenvalue weighted by Gasteiger charge is -2.15. The standard InChI is InChI=1S/C18H16N2O3S/c1-11(21)23-14-10-6-9-13-15(14)16(18(24)20(13)2)17(22)19-12-7-4-3-5-8-12/h3-10,16H,1-2H3,(H,19,22). The molecule has 1 N–H and O–H groups in total. The van der Waals surface area contributed by atoms with Gasteiger partial charge in [0, 0.05) is 30.9 Å². The van der Waals surface area contributed by atoms with E-state index >= 15 is 0 Å². The van der Waals surface area contributed by atoms with Crippen molar-refractivity contribution in [2.75, 3.05) is 17.3 Å². The van der Waals surface area contributed by atoms with E-state index in [0.717, 1.165) is 5.69 Å². The van der Waals surface area contributed by atoms with Gasteiger partial charge in [-0.1, -0.05) is 36.5 Å². The van der Waals surface area contributed by atoms with Crippen LogP contribution in [-0.2, 0) is 9.59 Å². The molecule has 5 nitrogen and oxygen atoms in total. The summed E-state index contributed by atoms with van der Waals surface area (Å²) >= 11 is 5.46. The van der Waals surface area contributed by atoms with Gasteiger partial charge in [-0.05, 0) is 24.3 Å². The number of carbonyl (C=O) groups excluding carboxylic acids is 2. The van der Waals surface area contributed by atoms with Gasteiger partial charge in [0.1, 0.15) is 11.7 Å². The lowest BCUT2D eigenvalue weighted by atomic mass is 9.99. The first-order valence-corrected chi connectivity index (χ1v) is 7.84. The van der Waals surface area contributed by atoms with Crippen molar-refractivity contribution in [3.8, 4) is 5.75 Å². The van der Waals surface area contributed by atoms with Crippen molar-refractivity contribution in [3.05, 3.63) is 54.1 Å². The predicted molar refractivity (Wildman–Crippen MR) is 96.6 cm³/mol. The van der Waals surface area contributed by atoms with Crippen LogP contribution in [0.2, 0.25) is 0 Å². The number of benzene rings is 2. The minimum Gasteiger partial charge on any atom is -0.426 e. The summed E-state index contributed by atoms with van der Waals surface area (Å²) < 4.78 is 5.28. The van der Waals surface area contributed by atoms with Gasteiger partial charge in [-0.3, -0.25) is 9.59 Å². The summed E-state index contributed by atoms with van der Waals surface area (Å²) in [7, 11) is 1.80. The number of esters is 1. The molecule has 1 unspecified atom stereocenters. The number of fused-ring (bicyclic) bond motifs is 1. The Balaban J connectivity index is 1.99. The smallest absolute Gasteiger partial charge is 0.308 e. The molecular formula is C18H16N2O3S. The van der Waals surface area contributed by atoms with E-state index in [9.17, 15) is 9.59 Å². The molecule has 1 amide bonds. The number of hydrogen-bond acceptors (Lipinski definition) is 4. The van der Waals surface area contributed by atoms with E-state index < -0.39 is 11.9 Å². The second kappa shape index (κ2) is 6.41. The number of hydrogen-bond donors (Lipinski definition) is 1. The zero-order chi connectivity index (χ0) is 17.3. The van der Waals surface area contributed by atoms with Gasteiger partial charge in [-0.15, -0.1) is 0 Å². The Hall–Kier alpha value is -2.73. The van der Waals surface area contributed by atoms with Crippen LogP contribution in [0, 0.1) is 0 Å². The van der Waals surface area contributed by atoms with Crippen molar-refractivity contribution in [2.45, 2.75) is 12.8 Å². The fourth-order valence-corrected chi connectivity index (χ4v) is 3.10. The zero-order valence-corrected chi connectivity index (χ0v) is 14.1. The summed E-state index contributed by atoms with van der Waals surface area (Å²) in [5, 5.41) is 2.86. The molecule has 2 aromatic carbocycles. The fraction of sp³-hybridized carbons (Fsp3) is 0.167. The van der Waals surface area contributed by atoms with Gasteiger partial charge < -0.3 is 15.0 Å². The van der Waals surface area contributed by atoms with Crippen LogP contribution in [0.25, 0.3) is 0 Å². The summed E-state index contributed by atoms with van der Waals surface area (Å²) in [6.07, 6.45) is 0. The number of ether oxygens (including phenoxy) is 1. The first-order chi connectivity index (χ1) is 11.5.